The van der Waals surface area contributed by atoms with Gasteiger partial charge in [-0.3, -0.25) is 0 Å². The lowest BCUT2D eigenvalue weighted by atomic mass is 9.81. The summed E-state index contributed by atoms with van der Waals surface area (Å²) in [4.78, 5) is 0. The third-order valence-electron chi connectivity index (χ3n) is 2.40. The number of nitrogens with zero attached hydrogens (tertiary/aromatic N) is 1. The molecule has 11 heavy (non-hydrogen) atoms. The second-order valence-corrected chi connectivity index (χ2v) is 3.45. The quantitative estimate of drug-likeness (QED) is 0.492. The Morgan fingerprint density at radius 1 is 1.64 bits per heavy atom. The summed E-state index contributed by atoms with van der Waals surface area (Å²) in [5.41, 5.74) is -1.11. The number of piperidine rings is 1. The fraction of sp³-hybridized carbons (Fsp3) is 0.875. The number of aliphatic hydroxyl groups is 1. The van der Waals surface area contributed by atoms with E-state index in [1.54, 1.807) is 0 Å². The SMILES string of the molecule is C[C@@H]1C[C@](O)(C#N)[C@H](C)CN1. The van der Waals surface area contributed by atoms with Gasteiger partial charge in [-0.25, -0.2) is 0 Å². The van der Waals surface area contributed by atoms with Gasteiger partial charge in [-0.05, 0) is 6.92 Å². The maximum atomic E-state index is 9.72. The largest absolute Gasteiger partial charge is 0.375 e. The highest BCUT2D eigenvalue weighted by atomic mass is 16.3. The molecule has 62 valence electrons. The molecular weight excluding hydrogens is 140 g/mol. The Kier molecular flexibility index (Phi) is 2.17. The highest BCUT2D eigenvalue weighted by Gasteiger charge is 2.38. The van der Waals surface area contributed by atoms with Crippen LogP contribution < -0.4 is 5.32 Å². The fourth-order valence-corrected chi connectivity index (χ4v) is 1.44. The van der Waals surface area contributed by atoms with Crippen LogP contribution in [0.1, 0.15) is 20.3 Å². The molecule has 0 aromatic carbocycles. The predicted octanol–water partition coefficient (Wildman–Crippen LogP) is 0.259. The van der Waals surface area contributed by atoms with E-state index >= 15 is 0 Å². The van der Waals surface area contributed by atoms with Gasteiger partial charge < -0.3 is 10.4 Å². The van der Waals surface area contributed by atoms with Crippen molar-refractivity contribution in [1.29, 1.82) is 5.26 Å². The summed E-state index contributed by atoms with van der Waals surface area (Å²) in [6, 6.07) is 2.22. The van der Waals surface area contributed by atoms with Gasteiger partial charge >= 0.3 is 0 Å². The summed E-state index contributed by atoms with van der Waals surface area (Å²) in [7, 11) is 0. The molecule has 1 aliphatic heterocycles. The number of rotatable bonds is 0. The summed E-state index contributed by atoms with van der Waals surface area (Å²) in [5, 5.41) is 21.6. The first-order chi connectivity index (χ1) is 5.08. The Bertz CT molecular complexity index is 187. The van der Waals surface area contributed by atoms with Crippen LogP contribution >= 0.6 is 0 Å². The monoisotopic (exact) mass is 154 g/mol. The van der Waals surface area contributed by atoms with Crippen LogP contribution in [0.2, 0.25) is 0 Å². The Hall–Kier alpha value is -0.590. The Balaban J connectivity index is 2.70. The van der Waals surface area contributed by atoms with Gasteiger partial charge in [-0.2, -0.15) is 5.26 Å². The van der Waals surface area contributed by atoms with Crippen molar-refractivity contribution in [3.8, 4) is 6.07 Å². The van der Waals surface area contributed by atoms with Crippen molar-refractivity contribution in [1.82, 2.24) is 5.32 Å². The Morgan fingerprint density at radius 3 is 2.73 bits per heavy atom. The van der Waals surface area contributed by atoms with Crippen LogP contribution in [0.15, 0.2) is 0 Å². The molecule has 3 heteroatoms. The average Bonchev–Trinajstić information content (AvgIpc) is 1.98. The van der Waals surface area contributed by atoms with E-state index in [2.05, 4.69) is 5.32 Å². The minimum absolute atomic E-state index is 0.0312. The van der Waals surface area contributed by atoms with Gasteiger partial charge in [-0.15, -0.1) is 0 Å². The van der Waals surface area contributed by atoms with E-state index in [4.69, 9.17) is 5.26 Å². The van der Waals surface area contributed by atoms with Gasteiger partial charge in [0.1, 0.15) is 0 Å². The molecule has 0 amide bonds. The molecule has 0 aliphatic carbocycles. The number of hydrogen-bond donors (Lipinski definition) is 2. The molecule has 0 radical (unpaired) electrons. The minimum atomic E-state index is -1.11. The molecule has 1 fully saturated rings. The topological polar surface area (TPSA) is 56.0 Å². The summed E-state index contributed by atoms with van der Waals surface area (Å²) < 4.78 is 0. The van der Waals surface area contributed by atoms with Gasteiger partial charge in [0.2, 0.25) is 0 Å². The molecule has 0 saturated carbocycles. The van der Waals surface area contributed by atoms with Crippen LogP contribution in [-0.2, 0) is 0 Å². The summed E-state index contributed by atoms with van der Waals surface area (Å²) in [6.07, 6.45) is 0.532. The lowest BCUT2D eigenvalue weighted by Crippen LogP contribution is -2.52. The van der Waals surface area contributed by atoms with Crippen molar-refractivity contribution in [3.63, 3.8) is 0 Å². The molecular formula is C8H14N2O. The first kappa shape index (κ1) is 8.51. The molecule has 0 spiro atoms. The van der Waals surface area contributed by atoms with Crippen LogP contribution in [-0.4, -0.2) is 23.3 Å². The van der Waals surface area contributed by atoms with E-state index in [-0.39, 0.29) is 12.0 Å². The standard InChI is InChI=1S/C8H14N2O/c1-6-4-10-7(2)3-8(6,11)5-9/h6-7,10-11H,3-4H2,1-2H3/t6-,7-,8+/m1/s1. The average molecular weight is 154 g/mol. The van der Waals surface area contributed by atoms with Crippen LogP contribution in [0.25, 0.3) is 0 Å². The van der Waals surface area contributed by atoms with Crippen molar-refractivity contribution in [2.24, 2.45) is 5.92 Å². The zero-order valence-electron chi connectivity index (χ0n) is 6.96. The third-order valence-corrected chi connectivity index (χ3v) is 2.40. The lowest BCUT2D eigenvalue weighted by Gasteiger charge is -2.36. The number of nitrogens with one attached hydrogen (secondary N) is 1. The summed E-state index contributed by atoms with van der Waals surface area (Å²) in [5.74, 6) is 0.0312. The van der Waals surface area contributed by atoms with E-state index < -0.39 is 5.60 Å². The summed E-state index contributed by atoms with van der Waals surface area (Å²) in [6.45, 7) is 4.60. The van der Waals surface area contributed by atoms with E-state index in [0.29, 0.717) is 6.42 Å². The van der Waals surface area contributed by atoms with Gasteiger partial charge in [0, 0.05) is 24.9 Å². The van der Waals surface area contributed by atoms with Gasteiger partial charge in [0.25, 0.3) is 0 Å². The molecule has 0 aromatic rings. The second-order valence-electron chi connectivity index (χ2n) is 3.45. The molecule has 1 aliphatic rings. The predicted molar refractivity (Wildman–Crippen MR) is 41.8 cm³/mol. The number of hydrogen-bond acceptors (Lipinski definition) is 3. The second kappa shape index (κ2) is 2.80. The number of nitriles is 1. The van der Waals surface area contributed by atoms with Crippen molar-refractivity contribution < 1.29 is 5.11 Å². The van der Waals surface area contributed by atoms with Crippen LogP contribution in [0.3, 0.4) is 0 Å². The fourth-order valence-electron chi connectivity index (χ4n) is 1.44. The van der Waals surface area contributed by atoms with Crippen molar-refractivity contribution in [2.75, 3.05) is 6.54 Å². The molecule has 1 saturated heterocycles. The van der Waals surface area contributed by atoms with Crippen molar-refractivity contribution in [3.05, 3.63) is 0 Å². The van der Waals surface area contributed by atoms with Gasteiger partial charge in [0.15, 0.2) is 5.60 Å². The van der Waals surface area contributed by atoms with Gasteiger partial charge in [-0.1, -0.05) is 6.92 Å². The molecule has 3 nitrogen and oxygen atoms in total. The van der Waals surface area contributed by atoms with E-state index in [1.165, 1.54) is 0 Å². The molecule has 1 rings (SSSR count). The van der Waals surface area contributed by atoms with E-state index in [1.807, 2.05) is 19.9 Å². The molecule has 0 aromatic heterocycles. The zero-order valence-corrected chi connectivity index (χ0v) is 6.96. The smallest absolute Gasteiger partial charge is 0.156 e. The van der Waals surface area contributed by atoms with Crippen LogP contribution in [0.5, 0.6) is 0 Å². The molecule has 0 bridgehead atoms. The first-order valence-electron chi connectivity index (χ1n) is 3.95. The first-order valence-corrected chi connectivity index (χ1v) is 3.95. The maximum absolute atomic E-state index is 9.72. The molecule has 1 heterocycles. The van der Waals surface area contributed by atoms with E-state index in [0.717, 1.165) is 6.54 Å². The maximum Gasteiger partial charge on any atom is 0.156 e. The molecule has 0 unspecified atom stereocenters. The Morgan fingerprint density at radius 2 is 2.27 bits per heavy atom. The van der Waals surface area contributed by atoms with Crippen LogP contribution in [0.4, 0.5) is 0 Å². The van der Waals surface area contributed by atoms with Crippen molar-refractivity contribution in [2.45, 2.75) is 31.9 Å². The Labute approximate surface area is 67.0 Å². The van der Waals surface area contributed by atoms with Gasteiger partial charge in [0.05, 0.1) is 6.07 Å². The highest BCUT2D eigenvalue weighted by Crippen LogP contribution is 2.25. The molecule has 2 N–H and O–H groups in total. The van der Waals surface area contributed by atoms with Crippen LogP contribution in [0, 0.1) is 17.2 Å². The highest BCUT2D eigenvalue weighted by molar-refractivity contribution is 5.07. The van der Waals surface area contributed by atoms with Crippen molar-refractivity contribution >= 4 is 0 Å². The lowest BCUT2D eigenvalue weighted by molar-refractivity contribution is 0.00574. The summed E-state index contributed by atoms with van der Waals surface area (Å²) >= 11 is 0. The zero-order chi connectivity index (χ0) is 8.48. The minimum Gasteiger partial charge on any atom is -0.375 e. The third kappa shape index (κ3) is 1.52. The molecule has 3 atom stereocenters. The normalized spacial score (nSPS) is 44.9. The van der Waals surface area contributed by atoms with E-state index in [9.17, 15) is 5.11 Å².